The molecule has 0 unspecified atom stereocenters. The van der Waals surface area contributed by atoms with Crippen molar-refractivity contribution < 1.29 is 18.7 Å². The molecule has 1 aromatic heterocycles. The average molecular weight is 409 g/mol. The third-order valence-corrected chi connectivity index (χ3v) is 5.44. The van der Waals surface area contributed by atoms with Crippen LogP contribution in [0.4, 0.5) is 4.39 Å². The third-order valence-electron chi connectivity index (χ3n) is 5.44. The standard InChI is InChI=1S/C23H24FN3O3/c1-29-20-11-6-9-17(21(20)30-2)23(28)27-12-4-3-10-19(27)22-25-14-18(26-22)15-7-5-8-16(24)13-15/h5-9,11,13-14,19H,3-4,10,12H2,1-2H3,(H,25,26)/t19-/m1/s1. The van der Waals surface area contributed by atoms with Crippen LogP contribution in [0.15, 0.2) is 48.7 Å². The number of para-hydroxylation sites is 1. The molecular weight excluding hydrogens is 385 g/mol. The zero-order valence-corrected chi connectivity index (χ0v) is 17.0. The largest absolute Gasteiger partial charge is 0.493 e. The Kier molecular flexibility index (Phi) is 5.70. The van der Waals surface area contributed by atoms with Crippen LogP contribution in [-0.4, -0.2) is 41.5 Å². The second-order valence-electron chi connectivity index (χ2n) is 7.24. The van der Waals surface area contributed by atoms with Crippen LogP contribution in [0, 0.1) is 5.82 Å². The maximum Gasteiger partial charge on any atom is 0.258 e. The van der Waals surface area contributed by atoms with E-state index in [2.05, 4.69) is 9.97 Å². The molecule has 2 aromatic carbocycles. The predicted molar refractivity (Wildman–Crippen MR) is 111 cm³/mol. The fraction of sp³-hybridized carbons (Fsp3) is 0.304. The SMILES string of the molecule is COc1cccc(C(=O)N2CCCC[C@@H]2c2ncc(-c3cccc(F)c3)[nH]2)c1OC. The van der Waals surface area contributed by atoms with Crippen LogP contribution in [0.5, 0.6) is 11.5 Å². The molecule has 3 aromatic rings. The number of aromatic amines is 1. The summed E-state index contributed by atoms with van der Waals surface area (Å²) in [5, 5.41) is 0. The molecule has 4 rings (SSSR count). The smallest absolute Gasteiger partial charge is 0.258 e. The number of hydrogen-bond acceptors (Lipinski definition) is 4. The number of benzene rings is 2. The molecule has 156 valence electrons. The van der Waals surface area contributed by atoms with Crippen LogP contribution in [0.25, 0.3) is 11.3 Å². The van der Waals surface area contributed by atoms with Crippen molar-refractivity contribution >= 4 is 5.91 Å². The van der Waals surface area contributed by atoms with E-state index in [0.29, 0.717) is 29.4 Å². The normalized spacial score (nSPS) is 16.4. The van der Waals surface area contributed by atoms with Crippen molar-refractivity contribution in [3.63, 3.8) is 0 Å². The first-order chi connectivity index (χ1) is 14.6. The molecule has 0 radical (unpaired) electrons. The summed E-state index contributed by atoms with van der Waals surface area (Å²) in [6.07, 6.45) is 4.41. The Morgan fingerprint density at radius 3 is 2.77 bits per heavy atom. The second-order valence-corrected chi connectivity index (χ2v) is 7.24. The van der Waals surface area contributed by atoms with Gasteiger partial charge in [-0.25, -0.2) is 9.37 Å². The molecule has 1 saturated heterocycles. The van der Waals surface area contributed by atoms with Crippen LogP contribution in [0.2, 0.25) is 0 Å². The first-order valence-corrected chi connectivity index (χ1v) is 9.95. The first kappa shape index (κ1) is 19.9. The minimum atomic E-state index is -0.303. The van der Waals surface area contributed by atoms with Crippen molar-refractivity contribution in [3.05, 3.63) is 65.9 Å². The van der Waals surface area contributed by atoms with Crippen molar-refractivity contribution in [2.24, 2.45) is 0 Å². The van der Waals surface area contributed by atoms with Gasteiger partial charge in [-0.1, -0.05) is 18.2 Å². The maximum atomic E-state index is 13.6. The average Bonchev–Trinajstić information content (AvgIpc) is 3.28. The van der Waals surface area contributed by atoms with E-state index in [0.717, 1.165) is 30.5 Å². The minimum absolute atomic E-state index is 0.126. The Hall–Kier alpha value is -3.35. The molecule has 0 spiro atoms. The van der Waals surface area contributed by atoms with E-state index in [1.165, 1.54) is 19.2 Å². The van der Waals surface area contributed by atoms with Gasteiger partial charge in [0.25, 0.3) is 5.91 Å². The number of H-pyrrole nitrogens is 1. The molecule has 1 N–H and O–H groups in total. The number of aromatic nitrogens is 2. The number of nitrogens with zero attached hydrogens (tertiary/aromatic N) is 2. The van der Waals surface area contributed by atoms with E-state index in [1.54, 1.807) is 37.6 Å². The van der Waals surface area contributed by atoms with Gasteiger partial charge in [-0.2, -0.15) is 0 Å². The summed E-state index contributed by atoms with van der Waals surface area (Å²) in [6.45, 7) is 0.625. The number of ether oxygens (including phenoxy) is 2. The molecule has 2 heterocycles. The maximum absolute atomic E-state index is 13.6. The van der Waals surface area contributed by atoms with Gasteiger partial charge in [0, 0.05) is 12.1 Å². The van der Waals surface area contributed by atoms with E-state index in [-0.39, 0.29) is 17.8 Å². The third kappa shape index (κ3) is 3.75. The van der Waals surface area contributed by atoms with Gasteiger partial charge in [-0.3, -0.25) is 4.79 Å². The van der Waals surface area contributed by atoms with Gasteiger partial charge in [0.1, 0.15) is 11.6 Å². The van der Waals surface area contributed by atoms with Crippen molar-refractivity contribution in [3.8, 4) is 22.8 Å². The minimum Gasteiger partial charge on any atom is -0.493 e. The summed E-state index contributed by atoms with van der Waals surface area (Å²) >= 11 is 0. The topological polar surface area (TPSA) is 67.5 Å². The zero-order chi connectivity index (χ0) is 21.1. The van der Waals surface area contributed by atoms with E-state index in [9.17, 15) is 9.18 Å². The molecule has 1 atom stereocenters. The fourth-order valence-electron chi connectivity index (χ4n) is 3.98. The summed E-state index contributed by atoms with van der Waals surface area (Å²) in [7, 11) is 3.08. The molecular formula is C23H24FN3O3. The van der Waals surface area contributed by atoms with Crippen molar-refractivity contribution in [1.82, 2.24) is 14.9 Å². The Balaban J connectivity index is 1.65. The highest BCUT2D eigenvalue weighted by molar-refractivity contribution is 5.98. The van der Waals surface area contributed by atoms with Crippen LogP contribution in [0.1, 0.15) is 41.5 Å². The summed E-state index contributed by atoms with van der Waals surface area (Å²) in [5.41, 5.74) is 1.90. The molecule has 1 aliphatic heterocycles. The summed E-state index contributed by atoms with van der Waals surface area (Å²) in [4.78, 5) is 23.1. The lowest BCUT2D eigenvalue weighted by Gasteiger charge is -2.35. The van der Waals surface area contributed by atoms with Gasteiger partial charge in [0.05, 0.1) is 37.7 Å². The monoisotopic (exact) mass is 409 g/mol. The molecule has 0 saturated carbocycles. The number of amides is 1. The number of methoxy groups -OCH3 is 2. The number of hydrogen-bond donors (Lipinski definition) is 1. The number of carbonyl (C=O) groups excluding carboxylic acids is 1. The number of piperidine rings is 1. The number of rotatable bonds is 5. The fourth-order valence-corrected chi connectivity index (χ4v) is 3.98. The molecule has 6 nitrogen and oxygen atoms in total. The lowest BCUT2D eigenvalue weighted by molar-refractivity contribution is 0.0597. The van der Waals surface area contributed by atoms with Crippen LogP contribution in [-0.2, 0) is 0 Å². The number of carbonyl (C=O) groups is 1. The molecule has 1 aliphatic rings. The predicted octanol–water partition coefficient (Wildman–Crippen LogP) is 4.60. The number of nitrogens with one attached hydrogen (secondary N) is 1. The molecule has 0 aliphatic carbocycles. The van der Waals surface area contributed by atoms with Gasteiger partial charge in [0.15, 0.2) is 11.5 Å². The van der Waals surface area contributed by atoms with Crippen LogP contribution >= 0.6 is 0 Å². The Bertz CT molecular complexity index is 1050. The molecule has 7 heteroatoms. The van der Waals surface area contributed by atoms with Gasteiger partial charge >= 0.3 is 0 Å². The van der Waals surface area contributed by atoms with Gasteiger partial charge in [-0.05, 0) is 43.5 Å². The number of imidazole rings is 1. The summed E-state index contributed by atoms with van der Waals surface area (Å²) in [6, 6.07) is 11.5. The highest BCUT2D eigenvalue weighted by atomic mass is 19.1. The molecule has 1 fully saturated rings. The number of likely N-dealkylation sites (tertiary alicyclic amines) is 1. The van der Waals surface area contributed by atoms with Gasteiger partial charge in [-0.15, -0.1) is 0 Å². The van der Waals surface area contributed by atoms with Crippen molar-refractivity contribution in [2.75, 3.05) is 20.8 Å². The van der Waals surface area contributed by atoms with Gasteiger partial charge < -0.3 is 19.4 Å². The van der Waals surface area contributed by atoms with E-state index in [1.807, 2.05) is 11.0 Å². The second kappa shape index (κ2) is 8.57. The zero-order valence-electron chi connectivity index (χ0n) is 17.0. The lowest BCUT2D eigenvalue weighted by Crippen LogP contribution is -2.39. The van der Waals surface area contributed by atoms with E-state index < -0.39 is 0 Å². The summed E-state index contributed by atoms with van der Waals surface area (Å²) in [5.74, 6) is 1.21. The van der Waals surface area contributed by atoms with Gasteiger partial charge in [0.2, 0.25) is 0 Å². The van der Waals surface area contributed by atoms with Crippen molar-refractivity contribution in [1.29, 1.82) is 0 Å². The molecule has 30 heavy (non-hydrogen) atoms. The van der Waals surface area contributed by atoms with Crippen LogP contribution < -0.4 is 9.47 Å². The highest BCUT2D eigenvalue weighted by Gasteiger charge is 2.32. The molecule has 1 amide bonds. The first-order valence-electron chi connectivity index (χ1n) is 9.95. The number of halogens is 1. The Labute approximate surface area is 174 Å². The Morgan fingerprint density at radius 2 is 2.00 bits per heavy atom. The van der Waals surface area contributed by atoms with Crippen molar-refractivity contribution in [2.45, 2.75) is 25.3 Å². The lowest BCUT2D eigenvalue weighted by atomic mass is 9.99. The quantitative estimate of drug-likeness (QED) is 0.669. The molecule has 0 bridgehead atoms. The Morgan fingerprint density at radius 1 is 1.17 bits per heavy atom. The van der Waals surface area contributed by atoms with E-state index in [4.69, 9.17) is 9.47 Å². The summed E-state index contributed by atoms with van der Waals surface area (Å²) < 4.78 is 24.4. The van der Waals surface area contributed by atoms with Crippen LogP contribution in [0.3, 0.4) is 0 Å². The van der Waals surface area contributed by atoms with E-state index >= 15 is 0 Å². The highest BCUT2D eigenvalue weighted by Crippen LogP contribution is 2.36.